The van der Waals surface area contributed by atoms with Gasteiger partial charge in [-0.2, -0.15) is 0 Å². The van der Waals surface area contributed by atoms with Crippen LogP contribution < -0.4 is 5.73 Å². The van der Waals surface area contributed by atoms with Crippen molar-refractivity contribution in [3.05, 3.63) is 11.8 Å². The minimum Gasteiger partial charge on any atom is -0.457 e. The summed E-state index contributed by atoms with van der Waals surface area (Å²) in [7, 11) is 0. The predicted octanol–water partition coefficient (Wildman–Crippen LogP) is 1.57. The van der Waals surface area contributed by atoms with Gasteiger partial charge < -0.3 is 19.9 Å². The maximum Gasteiger partial charge on any atom is 0.333 e. The number of rotatable bonds is 6. The van der Waals surface area contributed by atoms with Gasteiger partial charge in [0, 0.05) is 19.3 Å². The highest BCUT2D eigenvalue weighted by atomic mass is 16.7. The van der Waals surface area contributed by atoms with E-state index in [0.717, 1.165) is 6.08 Å². The standard InChI is InChI=1S/C14H23NO4/c1-7-14(17-8-2,18-9-3)11(15)10-12(16)19-13(4,5)6/h1,10H,8-9,15H2,2-6H3/b11-10-. The van der Waals surface area contributed by atoms with Crippen LogP contribution in [-0.2, 0) is 19.0 Å². The molecule has 0 aromatic rings. The number of terminal acetylenes is 1. The SMILES string of the molecule is C#CC(OCC)(OCC)/C(N)=C/C(=O)OC(C)(C)C. The summed E-state index contributed by atoms with van der Waals surface area (Å²) in [5.41, 5.74) is 5.21. The summed E-state index contributed by atoms with van der Waals surface area (Å²) in [5, 5.41) is 0. The van der Waals surface area contributed by atoms with Crippen molar-refractivity contribution in [3.63, 3.8) is 0 Å². The number of carbonyl (C=O) groups excluding carboxylic acids is 1. The topological polar surface area (TPSA) is 70.8 Å². The lowest BCUT2D eigenvalue weighted by atomic mass is 10.1. The van der Waals surface area contributed by atoms with E-state index in [4.69, 9.17) is 26.4 Å². The molecule has 0 saturated heterocycles. The van der Waals surface area contributed by atoms with E-state index < -0.39 is 17.4 Å². The van der Waals surface area contributed by atoms with Crippen LogP contribution >= 0.6 is 0 Å². The number of hydrogen-bond donors (Lipinski definition) is 1. The third kappa shape index (κ3) is 5.77. The van der Waals surface area contributed by atoms with Crippen LogP contribution in [0.2, 0.25) is 0 Å². The lowest BCUT2D eigenvalue weighted by Crippen LogP contribution is -2.41. The van der Waals surface area contributed by atoms with Gasteiger partial charge in [0.05, 0.1) is 5.70 Å². The fourth-order valence-electron chi connectivity index (χ4n) is 1.33. The average Bonchev–Trinajstić information content (AvgIpc) is 2.25. The lowest BCUT2D eigenvalue weighted by Gasteiger charge is -2.28. The molecule has 0 amide bonds. The molecule has 0 aliphatic rings. The molecule has 0 heterocycles. The second-order valence-corrected chi connectivity index (χ2v) is 4.76. The van der Waals surface area contributed by atoms with Crippen LogP contribution in [0.1, 0.15) is 34.6 Å². The Morgan fingerprint density at radius 3 is 2.05 bits per heavy atom. The fourth-order valence-corrected chi connectivity index (χ4v) is 1.33. The number of carbonyl (C=O) groups is 1. The Bertz CT molecular complexity index is 368. The van der Waals surface area contributed by atoms with Crippen LogP contribution in [0.4, 0.5) is 0 Å². The molecule has 0 radical (unpaired) electrons. The zero-order valence-electron chi connectivity index (χ0n) is 12.3. The Hall–Kier alpha value is -1.51. The van der Waals surface area contributed by atoms with Gasteiger partial charge in [0.25, 0.3) is 5.79 Å². The van der Waals surface area contributed by atoms with Gasteiger partial charge in [-0.3, -0.25) is 0 Å². The van der Waals surface area contributed by atoms with E-state index >= 15 is 0 Å². The maximum absolute atomic E-state index is 11.7. The smallest absolute Gasteiger partial charge is 0.333 e. The number of hydrogen-bond acceptors (Lipinski definition) is 5. The fraction of sp³-hybridized carbons (Fsp3) is 0.643. The van der Waals surface area contributed by atoms with Crippen molar-refractivity contribution < 1.29 is 19.0 Å². The summed E-state index contributed by atoms with van der Waals surface area (Å²) in [4.78, 5) is 11.7. The molecule has 0 aliphatic heterocycles. The third-order valence-electron chi connectivity index (χ3n) is 1.95. The van der Waals surface area contributed by atoms with Crippen LogP contribution in [0.15, 0.2) is 11.8 Å². The van der Waals surface area contributed by atoms with E-state index in [2.05, 4.69) is 5.92 Å². The van der Waals surface area contributed by atoms with Crippen LogP contribution in [0.25, 0.3) is 0 Å². The summed E-state index contributed by atoms with van der Waals surface area (Å²) in [6.07, 6.45) is 6.50. The minimum absolute atomic E-state index is 0.00653. The summed E-state index contributed by atoms with van der Waals surface area (Å²) < 4.78 is 15.8. The molecular weight excluding hydrogens is 246 g/mol. The summed E-state index contributed by atoms with van der Waals surface area (Å²) in [6.45, 7) is 9.38. The van der Waals surface area contributed by atoms with Gasteiger partial charge in [-0.1, -0.05) is 0 Å². The molecule has 0 atom stereocenters. The molecule has 0 aromatic heterocycles. The van der Waals surface area contributed by atoms with Crippen LogP contribution in [0.5, 0.6) is 0 Å². The highest BCUT2D eigenvalue weighted by Gasteiger charge is 2.33. The lowest BCUT2D eigenvalue weighted by molar-refractivity contribution is -0.168. The molecular formula is C14H23NO4. The minimum atomic E-state index is -1.53. The molecule has 0 saturated carbocycles. The molecule has 0 spiro atoms. The molecule has 0 aromatic carbocycles. The molecule has 0 aliphatic carbocycles. The van der Waals surface area contributed by atoms with Crippen molar-refractivity contribution >= 4 is 5.97 Å². The molecule has 0 bridgehead atoms. The van der Waals surface area contributed by atoms with E-state index in [-0.39, 0.29) is 5.70 Å². The third-order valence-corrected chi connectivity index (χ3v) is 1.95. The van der Waals surface area contributed by atoms with Crippen molar-refractivity contribution in [2.24, 2.45) is 5.73 Å². The van der Waals surface area contributed by atoms with Gasteiger partial charge in [0.1, 0.15) is 5.60 Å². The summed E-state index contributed by atoms with van der Waals surface area (Å²) >= 11 is 0. The zero-order valence-corrected chi connectivity index (χ0v) is 12.3. The second-order valence-electron chi connectivity index (χ2n) is 4.76. The van der Waals surface area contributed by atoms with E-state index in [9.17, 15) is 4.79 Å². The molecule has 0 unspecified atom stereocenters. The first kappa shape index (κ1) is 17.5. The predicted molar refractivity (Wildman–Crippen MR) is 72.9 cm³/mol. The largest absolute Gasteiger partial charge is 0.457 e. The van der Waals surface area contributed by atoms with Gasteiger partial charge in [0.15, 0.2) is 0 Å². The van der Waals surface area contributed by atoms with Crippen molar-refractivity contribution in [1.29, 1.82) is 0 Å². The molecule has 108 valence electrons. The van der Waals surface area contributed by atoms with Crippen LogP contribution in [-0.4, -0.2) is 30.6 Å². The Balaban J connectivity index is 5.14. The Morgan fingerprint density at radius 2 is 1.74 bits per heavy atom. The molecule has 2 N–H and O–H groups in total. The number of esters is 1. The first-order chi connectivity index (χ1) is 8.70. The first-order valence-corrected chi connectivity index (χ1v) is 6.17. The van der Waals surface area contributed by atoms with Gasteiger partial charge in [0.2, 0.25) is 0 Å². The van der Waals surface area contributed by atoms with E-state index in [0.29, 0.717) is 13.2 Å². The normalized spacial score (nSPS) is 12.9. The van der Waals surface area contributed by atoms with Gasteiger partial charge in [-0.25, -0.2) is 4.79 Å². The van der Waals surface area contributed by atoms with Crippen molar-refractivity contribution in [1.82, 2.24) is 0 Å². The van der Waals surface area contributed by atoms with E-state index in [1.807, 2.05) is 0 Å². The highest BCUT2D eigenvalue weighted by Crippen LogP contribution is 2.20. The van der Waals surface area contributed by atoms with Crippen LogP contribution in [0.3, 0.4) is 0 Å². The highest BCUT2D eigenvalue weighted by molar-refractivity contribution is 5.83. The molecule has 0 fully saturated rings. The molecule has 0 rings (SSSR count). The van der Waals surface area contributed by atoms with Crippen molar-refractivity contribution in [2.75, 3.05) is 13.2 Å². The average molecular weight is 269 g/mol. The van der Waals surface area contributed by atoms with E-state index in [1.165, 1.54) is 0 Å². The molecule has 5 nitrogen and oxygen atoms in total. The second kappa shape index (κ2) is 7.17. The molecule has 5 heteroatoms. The Morgan fingerprint density at radius 1 is 1.26 bits per heavy atom. The monoisotopic (exact) mass is 269 g/mol. The van der Waals surface area contributed by atoms with Gasteiger partial charge >= 0.3 is 5.97 Å². The zero-order chi connectivity index (χ0) is 15.1. The summed E-state index contributed by atoms with van der Waals surface area (Å²) in [5.74, 6) is 0.219. The molecule has 19 heavy (non-hydrogen) atoms. The summed E-state index contributed by atoms with van der Waals surface area (Å²) in [6, 6.07) is 0. The van der Waals surface area contributed by atoms with Gasteiger partial charge in [-0.15, -0.1) is 6.42 Å². The van der Waals surface area contributed by atoms with E-state index in [1.54, 1.807) is 34.6 Å². The Labute approximate surface area is 115 Å². The quantitative estimate of drug-likeness (QED) is 0.343. The Kier molecular flexibility index (Phi) is 6.60. The van der Waals surface area contributed by atoms with Gasteiger partial charge in [-0.05, 0) is 40.5 Å². The van der Waals surface area contributed by atoms with Crippen LogP contribution in [0, 0.1) is 12.3 Å². The van der Waals surface area contributed by atoms with Crippen molar-refractivity contribution in [2.45, 2.75) is 46.0 Å². The number of nitrogens with two attached hydrogens (primary N) is 1. The number of ether oxygens (including phenoxy) is 3. The maximum atomic E-state index is 11.7. The first-order valence-electron chi connectivity index (χ1n) is 6.17. The van der Waals surface area contributed by atoms with Crippen molar-refractivity contribution in [3.8, 4) is 12.3 Å².